The number of nitrogens with one attached hydrogen (secondary N) is 1. The predicted octanol–water partition coefficient (Wildman–Crippen LogP) is 2.45. The number of benzene rings is 1. The molecule has 1 aromatic rings. The summed E-state index contributed by atoms with van der Waals surface area (Å²) in [6.45, 7) is 5.35. The number of nitrogens with zero attached hydrogens (tertiary/aromatic N) is 1. The Kier molecular flexibility index (Phi) is 8.06. The third-order valence-corrected chi connectivity index (χ3v) is 4.32. The van der Waals surface area contributed by atoms with Gasteiger partial charge in [0.15, 0.2) is 0 Å². The molecule has 4 nitrogen and oxygen atoms in total. The number of likely N-dealkylation sites (tertiary alicyclic amines) is 1. The van der Waals surface area contributed by atoms with E-state index in [1.807, 2.05) is 18.7 Å². The Morgan fingerprint density at radius 1 is 1.38 bits per heavy atom. The molecule has 0 bridgehead atoms. The molecule has 0 aromatic heterocycles. The minimum atomic E-state index is -0.533. The highest BCUT2D eigenvalue weighted by Gasteiger charge is 2.25. The Bertz CT molecular complexity index is 536. The third-order valence-electron chi connectivity index (χ3n) is 4.32. The molecule has 0 spiro atoms. The van der Waals surface area contributed by atoms with Crippen LogP contribution in [0.2, 0.25) is 0 Å². The minimum absolute atomic E-state index is 0. The van der Waals surface area contributed by atoms with E-state index in [0.717, 1.165) is 19.4 Å². The number of hydrogen-bond acceptors (Lipinski definition) is 3. The molecule has 1 amide bonds. The van der Waals surface area contributed by atoms with Crippen molar-refractivity contribution in [3.05, 3.63) is 35.4 Å². The van der Waals surface area contributed by atoms with Gasteiger partial charge in [-0.25, -0.2) is 8.78 Å². The van der Waals surface area contributed by atoms with Crippen molar-refractivity contribution in [1.29, 1.82) is 0 Å². The number of carbonyl (C=O) groups excluding carboxylic acids is 1. The van der Waals surface area contributed by atoms with Gasteiger partial charge in [0.2, 0.25) is 5.91 Å². The van der Waals surface area contributed by atoms with E-state index in [2.05, 4.69) is 5.32 Å². The normalized spacial score (nSPS) is 19.7. The summed E-state index contributed by atoms with van der Waals surface area (Å²) in [6, 6.07) is 3.33. The molecule has 1 saturated heterocycles. The molecule has 24 heavy (non-hydrogen) atoms. The van der Waals surface area contributed by atoms with Crippen LogP contribution in [0.4, 0.5) is 8.78 Å². The highest BCUT2D eigenvalue weighted by atomic mass is 35.5. The summed E-state index contributed by atoms with van der Waals surface area (Å²) in [4.78, 5) is 14.0. The van der Waals surface area contributed by atoms with Crippen LogP contribution in [0.15, 0.2) is 18.2 Å². The van der Waals surface area contributed by atoms with Crippen molar-refractivity contribution in [2.45, 2.75) is 45.3 Å². The van der Waals surface area contributed by atoms with Crippen LogP contribution in [0.1, 0.15) is 32.3 Å². The molecule has 7 heteroatoms. The number of nitrogens with two attached hydrogens (primary N) is 1. The fourth-order valence-electron chi connectivity index (χ4n) is 2.82. The number of rotatable bonds is 5. The van der Waals surface area contributed by atoms with Gasteiger partial charge in [0.25, 0.3) is 0 Å². The van der Waals surface area contributed by atoms with Crippen LogP contribution in [0.3, 0.4) is 0 Å². The molecule has 1 aliphatic heterocycles. The Morgan fingerprint density at radius 3 is 2.58 bits per heavy atom. The topological polar surface area (TPSA) is 58.4 Å². The molecule has 0 aliphatic carbocycles. The summed E-state index contributed by atoms with van der Waals surface area (Å²) in [6.07, 6.45) is 1.73. The van der Waals surface area contributed by atoms with Crippen LogP contribution < -0.4 is 11.1 Å². The zero-order valence-corrected chi connectivity index (χ0v) is 14.9. The van der Waals surface area contributed by atoms with Gasteiger partial charge < -0.3 is 11.1 Å². The Hall–Kier alpha value is -1.24. The molecular weight excluding hydrogens is 336 g/mol. The summed E-state index contributed by atoms with van der Waals surface area (Å²) in [5.74, 6) is -1.15. The number of amides is 1. The molecule has 1 aliphatic rings. The largest absolute Gasteiger partial charge is 0.351 e. The molecule has 1 fully saturated rings. The van der Waals surface area contributed by atoms with E-state index in [-0.39, 0.29) is 42.4 Å². The first-order valence-corrected chi connectivity index (χ1v) is 8.09. The summed E-state index contributed by atoms with van der Waals surface area (Å²) in [5, 5.41) is 2.95. The van der Waals surface area contributed by atoms with E-state index in [1.54, 1.807) is 0 Å². The van der Waals surface area contributed by atoms with Crippen molar-refractivity contribution in [2.24, 2.45) is 11.7 Å². The van der Waals surface area contributed by atoms with Crippen LogP contribution in [-0.4, -0.2) is 36.0 Å². The van der Waals surface area contributed by atoms with Gasteiger partial charge in [-0.15, -0.1) is 12.4 Å². The van der Waals surface area contributed by atoms with E-state index in [1.165, 1.54) is 18.2 Å². The summed E-state index contributed by atoms with van der Waals surface area (Å²) >= 11 is 0. The van der Waals surface area contributed by atoms with Gasteiger partial charge in [0.1, 0.15) is 11.6 Å². The van der Waals surface area contributed by atoms with Crippen LogP contribution in [0.25, 0.3) is 0 Å². The molecule has 0 saturated carbocycles. The molecule has 1 aromatic carbocycles. The number of halogens is 3. The van der Waals surface area contributed by atoms with Gasteiger partial charge in [-0.2, -0.15) is 0 Å². The molecule has 2 atom stereocenters. The van der Waals surface area contributed by atoms with Gasteiger partial charge in [0, 0.05) is 24.7 Å². The average Bonchev–Trinajstić information content (AvgIpc) is 2.50. The molecule has 1 heterocycles. The second kappa shape index (κ2) is 9.30. The summed E-state index contributed by atoms with van der Waals surface area (Å²) in [5.41, 5.74) is 5.93. The second-order valence-corrected chi connectivity index (χ2v) is 6.55. The van der Waals surface area contributed by atoms with Crippen LogP contribution >= 0.6 is 12.4 Å². The lowest BCUT2D eigenvalue weighted by Crippen LogP contribution is -2.52. The van der Waals surface area contributed by atoms with Crippen LogP contribution in [-0.2, 0) is 11.3 Å². The number of piperidine rings is 1. The lowest BCUT2D eigenvalue weighted by Gasteiger charge is -2.34. The zero-order valence-electron chi connectivity index (χ0n) is 14.1. The first kappa shape index (κ1) is 20.8. The van der Waals surface area contributed by atoms with Crippen LogP contribution in [0.5, 0.6) is 0 Å². The highest BCUT2D eigenvalue weighted by Crippen LogP contribution is 2.18. The predicted molar refractivity (Wildman–Crippen MR) is 92.9 cm³/mol. The Labute approximate surface area is 148 Å². The quantitative estimate of drug-likeness (QED) is 0.847. The highest BCUT2D eigenvalue weighted by molar-refractivity contribution is 5.85. The lowest BCUT2D eigenvalue weighted by atomic mass is 10.0. The maximum absolute atomic E-state index is 13.8. The van der Waals surface area contributed by atoms with E-state index >= 15 is 0 Å². The third kappa shape index (κ3) is 5.40. The Morgan fingerprint density at radius 2 is 2.00 bits per heavy atom. The standard InChI is InChI=1S/C17H25F2N3O.ClH/c1-11(2)16(20)17(23)21-12-5-4-8-22(9-12)10-13-14(18)6-3-7-15(13)19;/h3,6-7,11-12,16H,4-5,8-10,20H2,1-2H3,(H,21,23);1H/t12?,16-;/m0./s1. The van der Waals surface area contributed by atoms with Crippen molar-refractivity contribution in [3.8, 4) is 0 Å². The summed E-state index contributed by atoms with van der Waals surface area (Å²) < 4.78 is 27.5. The average molecular weight is 362 g/mol. The van der Waals surface area contributed by atoms with Gasteiger partial charge in [-0.3, -0.25) is 9.69 Å². The van der Waals surface area contributed by atoms with Crippen LogP contribution in [0, 0.1) is 17.6 Å². The van der Waals surface area contributed by atoms with E-state index < -0.39 is 17.7 Å². The molecular formula is C17H26ClF2N3O. The van der Waals surface area contributed by atoms with Gasteiger partial charge in [0.05, 0.1) is 6.04 Å². The van der Waals surface area contributed by atoms with E-state index in [0.29, 0.717) is 6.54 Å². The number of hydrogen-bond donors (Lipinski definition) is 2. The van der Waals surface area contributed by atoms with Crippen molar-refractivity contribution in [1.82, 2.24) is 10.2 Å². The first-order valence-electron chi connectivity index (χ1n) is 8.09. The van der Waals surface area contributed by atoms with Crippen molar-refractivity contribution in [2.75, 3.05) is 13.1 Å². The number of carbonyl (C=O) groups is 1. The van der Waals surface area contributed by atoms with Gasteiger partial charge in [-0.05, 0) is 37.4 Å². The Balaban J connectivity index is 0.00000288. The molecule has 3 N–H and O–H groups in total. The smallest absolute Gasteiger partial charge is 0.237 e. The zero-order chi connectivity index (χ0) is 17.0. The van der Waals surface area contributed by atoms with Crippen molar-refractivity contribution in [3.63, 3.8) is 0 Å². The molecule has 2 rings (SSSR count). The monoisotopic (exact) mass is 361 g/mol. The molecule has 1 unspecified atom stereocenters. The van der Waals surface area contributed by atoms with Gasteiger partial charge >= 0.3 is 0 Å². The van der Waals surface area contributed by atoms with E-state index in [4.69, 9.17) is 5.73 Å². The molecule has 0 radical (unpaired) electrons. The lowest BCUT2D eigenvalue weighted by molar-refractivity contribution is -0.124. The maximum Gasteiger partial charge on any atom is 0.237 e. The van der Waals surface area contributed by atoms with Crippen molar-refractivity contribution >= 4 is 18.3 Å². The summed E-state index contributed by atoms with van der Waals surface area (Å²) in [7, 11) is 0. The van der Waals surface area contributed by atoms with Gasteiger partial charge in [-0.1, -0.05) is 19.9 Å². The fraction of sp³-hybridized carbons (Fsp3) is 0.588. The second-order valence-electron chi connectivity index (χ2n) is 6.55. The van der Waals surface area contributed by atoms with Crippen molar-refractivity contribution < 1.29 is 13.6 Å². The molecule has 136 valence electrons. The minimum Gasteiger partial charge on any atom is -0.351 e. The first-order chi connectivity index (χ1) is 10.9. The fourth-order valence-corrected chi connectivity index (χ4v) is 2.82. The maximum atomic E-state index is 13.8. The SMILES string of the molecule is CC(C)[C@H](N)C(=O)NC1CCCN(Cc2c(F)cccc2F)C1.Cl. The van der Waals surface area contributed by atoms with E-state index in [9.17, 15) is 13.6 Å².